The second kappa shape index (κ2) is 6.03. The van der Waals surface area contributed by atoms with Gasteiger partial charge in [0.15, 0.2) is 0 Å². The van der Waals surface area contributed by atoms with E-state index in [4.69, 9.17) is 5.84 Å². The van der Waals surface area contributed by atoms with Gasteiger partial charge >= 0.3 is 0 Å². The number of anilines is 1. The monoisotopic (exact) mass is 278 g/mol. The normalized spacial score (nSPS) is 17.4. The summed E-state index contributed by atoms with van der Waals surface area (Å²) < 4.78 is 0. The first-order valence-electron chi connectivity index (χ1n) is 7.12. The minimum absolute atomic E-state index is 0.327. The Morgan fingerprint density at radius 2 is 2.00 bits per heavy atom. The van der Waals surface area contributed by atoms with Gasteiger partial charge in [-0.15, -0.1) is 0 Å². The number of nitrogens with one attached hydrogen (secondary N) is 1. The molecule has 0 spiro atoms. The summed E-state index contributed by atoms with van der Waals surface area (Å²) in [6.45, 7) is 3.74. The molecule has 1 aromatic heterocycles. The van der Waals surface area contributed by atoms with Gasteiger partial charge in [0, 0.05) is 23.8 Å². The molecule has 1 heterocycles. The van der Waals surface area contributed by atoms with Crippen molar-refractivity contribution in [1.29, 1.82) is 0 Å². The summed E-state index contributed by atoms with van der Waals surface area (Å²) in [5, 5.41) is 0. The quantitative estimate of drug-likeness (QED) is 0.597. The second-order valence-corrected chi connectivity index (χ2v) is 6.10. The van der Waals surface area contributed by atoms with E-state index in [1.54, 1.807) is 0 Å². The molecule has 0 aromatic carbocycles. The third-order valence-corrected chi connectivity index (χ3v) is 4.26. The molecule has 0 aliphatic heterocycles. The van der Waals surface area contributed by atoms with Gasteiger partial charge in [-0.2, -0.15) is 0 Å². The maximum atomic E-state index is 5.43. The molecule has 0 saturated heterocycles. The van der Waals surface area contributed by atoms with Crippen LogP contribution in [0, 0.1) is 6.92 Å². The van der Waals surface area contributed by atoms with Gasteiger partial charge in [-0.25, -0.2) is 15.8 Å². The van der Waals surface area contributed by atoms with E-state index in [1.807, 2.05) is 13.0 Å². The minimum atomic E-state index is 0.327. The lowest BCUT2D eigenvalue weighted by Gasteiger charge is -2.49. The summed E-state index contributed by atoms with van der Waals surface area (Å²) in [5.41, 5.74) is 3.85. The Morgan fingerprint density at radius 3 is 2.50 bits per heavy atom. The van der Waals surface area contributed by atoms with Crippen LogP contribution in [0.25, 0.3) is 0 Å². The Balaban J connectivity index is 2.01. The number of aryl methyl sites for hydroxylation is 1. The van der Waals surface area contributed by atoms with Crippen molar-refractivity contribution < 1.29 is 0 Å². The van der Waals surface area contributed by atoms with E-state index in [-0.39, 0.29) is 0 Å². The summed E-state index contributed by atoms with van der Waals surface area (Å²) in [6, 6.07) is 1.84. The van der Waals surface area contributed by atoms with Gasteiger partial charge in [0.25, 0.3) is 0 Å². The molecule has 6 nitrogen and oxygen atoms in total. The highest BCUT2D eigenvalue weighted by Crippen LogP contribution is 2.36. The average molecular weight is 278 g/mol. The summed E-state index contributed by atoms with van der Waals surface area (Å²) in [6.07, 6.45) is 3.87. The summed E-state index contributed by atoms with van der Waals surface area (Å²) in [7, 11) is 6.48. The zero-order chi connectivity index (χ0) is 14.8. The Bertz CT molecular complexity index is 455. The van der Waals surface area contributed by atoms with Crippen LogP contribution < -0.4 is 11.3 Å². The van der Waals surface area contributed by atoms with E-state index < -0.39 is 0 Å². The first-order valence-corrected chi connectivity index (χ1v) is 7.12. The predicted molar refractivity (Wildman–Crippen MR) is 81.2 cm³/mol. The van der Waals surface area contributed by atoms with E-state index in [1.165, 1.54) is 19.3 Å². The molecule has 0 radical (unpaired) electrons. The van der Waals surface area contributed by atoms with Crippen molar-refractivity contribution in [2.75, 3.05) is 33.1 Å². The highest BCUT2D eigenvalue weighted by Gasteiger charge is 2.39. The molecule has 0 amide bonds. The number of hydrazine groups is 1. The topological polar surface area (TPSA) is 70.3 Å². The number of rotatable bonds is 6. The predicted octanol–water partition coefficient (Wildman–Crippen LogP) is 0.987. The largest absolute Gasteiger partial charge is 0.308 e. The number of aromatic nitrogens is 2. The lowest BCUT2D eigenvalue weighted by atomic mass is 9.75. The van der Waals surface area contributed by atoms with Gasteiger partial charge < -0.3 is 10.3 Å². The Labute approximate surface area is 121 Å². The molecule has 0 bridgehead atoms. The molecular formula is C14H26N6. The van der Waals surface area contributed by atoms with Crippen LogP contribution in [0.15, 0.2) is 6.07 Å². The van der Waals surface area contributed by atoms with Crippen LogP contribution in [0.5, 0.6) is 0 Å². The Morgan fingerprint density at radius 1 is 1.30 bits per heavy atom. The molecule has 0 atom stereocenters. The van der Waals surface area contributed by atoms with Crippen LogP contribution in [0.2, 0.25) is 0 Å². The van der Waals surface area contributed by atoms with E-state index in [0.29, 0.717) is 11.4 Å². The van der Waals surface area contributed by atoms with Gasteiger partial charge in [-0.05, 0) is 47.3 Å². The number of nitrogens with zero attached hydrogens (tertiary/aromatic N) is 4. The third kappa shape index (κ3) is 3.26. The number of nitrogens with two attached hydrogens (primary N) is 1. The van der Waals surface area contributed by atoms with Gasteiger partial charge in [0.05, 0.1) is 6.54 Å². The highest BCUT2D eigenvalue weighted by molar-refractivity contribution is 5.33. The first kappa shape index (κ1) is 15.2. The maximum absolute atomic E-state index is 5.43. The lowest BCUT2D eigenvalue weighted by Crippen LogP contribution is -2.56. The van der Waals surface area contributed by atoms with E-state index >= 15 is 0 Å². The van der Waals surface area contributed by atoms with Gasteiger partial charge in [-0.1, -0.05) is 0 Å². The average Bonchev–Trinajstić information content (AvgIpc) is 2.32. The minimum Gasteiger partial charge on any atom is -0.308 e. The highest BCUT2D eigenvalue weighted by atomic mass is 15.3. The lowest BCUT2D eigenvalue weighted by molar-refractivity contribution is 0.0253. The van der Waals surface area contributed by atoms with Crippen molar-refractivity contribution in [3.05, 3.63) is 17.6 Å². The molecule has 1 aliphatic rings. The summed E-state index contributed by atoms with van der Waals surface area (Å²) in [5.74, 6) is 6.92. The third-order valence-electron chi connectivity index (χ3n) is 4.26. The van der Waals surface area contributed by atoms with Crippen LogP contribution in [-0.4, -0.2) is 53.0 Å². The maximum Gasteiger partial charge on any atom is 0.144 e. The van der Waals surface area contributed by atoms with Gasteiger partial charge in [-0.3, -0.25) is 4.90 Å². The van der Waals surface area contributed by atoms with Crippen LogP contribution >= 0.6 is 0 Å². The Kier molecular flexibility index (Phi) is 4.57. The molecule has 6 heteroatoms. The summed E-state index contributed by atoms with van der Waals surface area (Å²) >= 11 is 0. The molecule has 1 aliphatic carbocycles. The molecule has 0 unspecified atom stereocenters. The second-order valence-electron chi connectivity index (χ2n) is 6.10. The van der Waals surface area contributed by atoms with Crippen LogP contribution in [0.1, 0.15) is 30.8 Å². The number of nitrogen functional groups attached to an aromatic ring is 1. The van der Waals surface area contributed by atoms with Crippen molar-refractivity contribution in [2.24, 2.45) is 5.84 Å². The number of hydrogen-bond acceptors (Lipinski definition) is 6. The fourth-order valence-electron chi connectivity index (χ4n) is 2.91. The van der Waals surface area contributed by atoms with Crippen molar-refractivity contribution in [3.8, 4) is 0 Å². The fraction of sp³-hybridized carbons (Fsp3) is 0.714. The fourth-order valence-corrected chi connectivity index (χ4v) is 2.91. The van der Waals surface area contributed by atoms with Crippen LogP contribution in [-0.2, 0) is 6.54 Å². The Hall–Kier alpha value is -1.24. The first-order chi connectivity index (χ1) is 9.45. The van der Waals surface area contributed by atoms with Crippen LogP contribution in [0.4, 0.5) is 5.82 Å². The molecule has 20 heavy (non-hydrogen) atoms. The van der Waals surface area contributed by atoms with Crippen molar-refractivity contribution >= 4 is 5.82 Å². The van der Waals surface area contributed by atoms with Gasteiger partial charge in [0.2, 0.25) is 0 Å². The zero-order valence-corrected chi connectivity index (χ0v) is 13.0. The van der Waals surface area contributed by atoms with Crippen molar-refractivity contribution in [1.82, 2.24) is 19.8 Å². The zero-order valence-electron chi connectivity index (χ0n) is 13.0. The molecule has 2 rings (SSSR count). The summed E-state index contributed by atoms with van der Waals surface area (Å²) in [4.78, 5) is 13.5. The molecule has 1 fully saturated rings. The van der Waals surface area contributed by atoms with E-state index in [9.17, 15) is 0 Å². The molecule has 3 N–H and O–H groups in total. The smallest absolute Gasteiger partial charge is 0.144 e. The SMILES string of the molecule is Cc1cc(NN)nc(CN(C)CC2(N(C)C)CCC2)n1. The van der Waals surface area contributed by atoms with Gasteiger partial charge in [0.1, 0.15) is 11.6 Å². The molecule has 112 valence electrons. The van der Waals surface area contributed by atoms with Crippen molar-refractivity contribution in [2.45, 2.75) is 38.3 Å². The van der Waals surface area contributed by atoms with E-state index in [0.717, 1.165) is 24.6 Å². The van der Waals surface area contributed by atoms with Crippen molar-refractivity contribution in [3.63, 3.8) is 0 Å². The standard InChI is InChI=1S/C14H26N6/c1-11-8-12(18-15)17-13(16-11)9-20(4)10-14(19(2)3)6-5-7-14/h8H,5-7,9-10,15H2,1-4H3,(H,16,17,18). The molecular weight excluding hydrogens is 252 g/mol. The molecule has 1 saturated carbocycles. The number of hydrogen-bond donors (Lipinski definition) is 2. The van der Waals surface area contributed by atoms with E-state index in [2.05, 4.69) is 46.3 Å². The molecule has 1 aromatic rings. The number of likely N-dealkylation sites (N-methyl/N-ethyl adjacent to an activating group) is 2. The van der Waals surface area contributed by atoms with Crippen LogP contribution in [0.3, 0.4) is 0 Å².